The van der Waals surface area contributed by atoms with E-state index in [2.05, 4.69) is 19.1 Å². The third kappa shape index (κ3) is 1.32. The Hall–Kier alpha value is -0.340. The van der Waals surface area contributed by atoms with E-state index in [-0.39, 0.29) is 5.60 Å². The number of hydrogen-bond acceptors (Lipinski definition) is 2. The summed E-state index contributed by atoms with van der Waals surface area (Å²) in [6.45, 7) is 3.96. The third-order valence-electron chi connectivity index (χ3n) is 3.63. The minimum atomic E-state index is 0.116. The summed E-state index contributed by atoms with van der Waals surface area (Å²) < 4.78 is 11.1. The molecule has 0 aromatic rings. The van der Waals surface area contributed by atoms with Gasteiger partial charge in [0.05, 0.1) is 18.8 Å². The zero-order valence-electron chi connectivity index (χ0n) is 8.03. The smallest absolute Gasteiger partial charge is 0.104 e. The third-order valence-corrected chi connectivity index (χ3v) is 3.63. The van der Waals surface area contributed by atoms with Crippen molar-refractivity contribution in [3.8, 4) is 0 Å². The molecule has 72 valence electrons. The molecule has 0 amide bonds. The molecular weight excluding hydrogens is 164 g/mol. The van der Waals surface area contributed by atoms with Crippen LogP contribution >= 0.6 is 0 Å². The lowest BCUT2D eigenvalue weighted by Gasteiger charge is -2.31. The SMILES string of the molecule is CC1(OCC2CO2)CC2C=CC1C2. The Balaban J connectivity index is 1.64. The van der Waals surface area contributed by atoms with Gasteiger partial charge in [-0.2, -0.15) is 0 Å². The van der Waals surface area contributed by atoms with Gasteiger partial charge in [0.1, 0.15) is 6.10 Å². The molecule has 2 heteroatoms. The Morgan fingerprint density at radius 3 is 2.92 bits per heavy atom. The predicted octanol–water partition coefficient (Wildman–Crippen LogP) is 1.76. The molecule has 2 nitrogen and oxygen atoms in total. The molecular formula is C11H16O2. The van der Waals surface area contributed by atoms with Crippen molar-refractivity contribution in [2.75, 3.05) is 13.2 Å². The van der Waals surface area contributed by atoms with Crippen molar-refractivity contribution in [2.24, 2.45) is 11.8 Å². The number of hydrogen-bond donors (Lipinski definition) is 0. The first kappa shape index (κ1) is 8.01. The predicted molar refractivity (Wildman–Crippen MR) is 49.5 cm³/mol. The minimum Gasteiger partial charge on any atom is -0.372 e. The topological polar surface area (TPSA) is 21.8 Å². The zero-order valence-corrected chi connectivity index (χ0v) is 8.03. The fourth-order valence-corrected chi connectivity index (χ4v) is 2.66. The largest absolute Gasteiger partial charge is 0.372 e. The van der Waals surface area contributed by atoms with E-state index in [4.69, 9.17) is 9.47 Å². The van der Waals surface area contributed by atoms with Gasteiger partial charge in [0.2, 0.25) is 0 Å². The first-order valence-electron chi connectivity index (χ1n) is 5.20. The summed E-state index contributed by atoms with van der Waals surface area (Å²) in [5, 5.41) is 0. The van der Waals surface area contributed by atoms with Gasteiger partial charge >= 0.3 is 0 Å². The summed E-state index contributed by atoms with van der Waals surface area (Å²) in [6, 6.07) is 0. The summed E-state index contributed by atoms with van der Waals surface area (Å²) in [7, 11) is 0. The van der Waals surface area contributed by atoms with Gasteiger partial charge in [0, 0.05) is 5.92 Å². The molecule has 0 aromatic heterocycles. The van der Waals surface area contributed by atoms with Crippen molar-refractivity contribution in [3.05, 3.63) is 12.2 Å². The molecule has 2 bridgehead atoms. The summed E-state index contributed by atoms with van der Waals surface area (Å²) >= 11 is 0. The molecule has 1 heterocycles. The molecule has 0 spiro atoms. The van der Waals surface area contributed by atoms with Crippen molar-refractivity contribution in [2.45, 2.75) is 31.5 Å². The molecule has 1 aliphatic heterocycles. The van der Waals surface area contributed by atoms with E-state index in [1.165, 1.54) is 12.8 Å². The average Bonchev–Trinajstić information content (AvgIpc) is 2.75. The molecule has 0 radical (unpaired) electrons. The standard InChI is InChI=1S/C11H16O2/c1-11(13-7-10-6-12-10)5-8-2-3-9(11)4-8/h2-3,8-10H,4-7H2,1H3. The van der Waals surface area contributed by atoms with Crippen LogP contribution in [0.4, 0.5) is 0 Å². The van der Waals surface area contributed by atoms with Crippen LogP contribution < -0.4 is 0 Å². The highest BCUT2D eigenvalue weighted by atomic mass is 16.6. The van der Waals surface area contributed by atoms with Crippen LogP contribution in [0.5, 0.6) is 0 Å². The second kappa shape index (κ2) is 2.58. The van der Waals surface area contributed by atoms with Crippen LogP contribution in [-0.2, 0) is 9.47 Å². The second-order valence-electron chi connectivity index (χ2n) is 4.77. The van der Waals surface area contributed by atoms with E-state index in [0.717, 1.165) is 19.1 Å². The molecule has 3 aliphatic rings. The van der Waals surface area contributed by atoms with Crippen LogP contribution in [0.2, 0.25) is 0 Å². The van der Waals surface area contributed by atoms with Gasteiger partial charge in [0.25, 0.3) is 0 Å². The Morgan fingerprint density at radius 2 is 2.38 bits per heavy atom. The number of rotatable bonds is 3. The van der Waals surface area contributed by atoms with E-state index >= 15 is 0 Å². The summed E-state index contributed by atoms with van der Waals surface area (Å²) in [5.41, 5.74) is 0.116. The van der Waals surface area contributed by atoms with Crippen LogP contribution in [0.3, 0.4) is 0 Å². The number of fused-ring (bicyclic) bond motifs is 2. The van der Waals surface area contributed by atoms with Gasteiger partial charge in [-0.1, -0.05) is 12.2 Å². The van der Waals surface area contributed by atoms with Gasteiger partial charge in [-0.3, -0.25) is 0 Å². The van der Waals surface area contributed by atoms with Crippen molar-refractivity contribution in [3.63, 3.8) is 0 Å². The molecule has 0 aromatic carbocycles. The van der Waals surface area contributed by atoms with Crippen molar-refractivity contribution >= 4 is 0 Å². The molecule has 13 heavy (non-hydrogen) atoms. The lowest BCUT2D eigenvalue weighted by molar-refractivity contribution is -0.0553. The van der Waals surface area contributed by atoms with Gasteiger partial charge in [-0.05, 0) is 25.7 Å². The Morgan fingerprint density at radius 1 is 1.54 bits per heavy atom. The molecule has 3 rings (SSSR count). The molecule has 1 saturated heterocycles. The first-order chi connectivity index (χ1) is 6.26. The quantitative estimate of drug-likeness (QED) is 0.487. The van der Waals surface area contributed by atoms with E-state index in [0.29, 0.717) is 12.0 Å². The van der Waals surface area contributed by atoms with Crippen LogP contribution in [0.1, 0.15) is 19.8 Å². The fraction of sp³-hybridized carbons (Fsp3) is 0.818. The minimum absolute atomic E-state index is 0.116. The highest BCUT2D eigenvalue weighted by molar-refractivity contribution is 5.16. The first-order valence-corrected chi connectivity index (χ1v) is 5.20. The molecule has 4 atom stereocenters. The lowest BCUT2D eigenvalue weighted by atomic mass is 9.90. The summed E-state index contributed by atoms with van der Waals surface area (Å²) in [4.78, 5) is 0. The van der Waals surface area contributed by atoms with Gasteiger partial charge < -0.3 is 9.47 Å². The van der Waals surface area contributed by atoms with E-state index in [1.807, 2.05) is 0 Å². The lowest BCUT2D eigenvalue weighted by Crippen LogP contribution is -2.34. The highest BCUT2D eigenvalue weighted by Crippen LogP contribution is 2.48. The van der Waals surface area contributed by atoms with Crippen molar-refractivity contribution < 1.29 is 9.47 Å². The van der Waals surface area contributed by atoms with Crippen molar-refractivity contribution in [1.82, 2.24) is 0 Å². The normalized spacial score (nSPS) is 51.6. The van der Waals surface area contributed by atoms with Gasteiger partial charge in [-0.15, -0.1) is 0 Å². The summed E-state index contributed by atoms with van der Waals surface area (Å²) in [5.74, 6) is 1.45. The second-order valence-corrected chi connectivity index (χ2v) is 4.77. The molecule has 0 N–H and O–H groups in total. The van der Waals surface area contributed by atoms with Crippen LogP contribution in [0.25, 0.3) is 0 Å². The monoisotopic (exact) mass is 180 g/mol. The Bertz CT molecular complexity index is 244. The number of ether oxygens (including phenoxy) is 2. The average molecular weight is 180 g/mol. The van der Waals surface area contributed by atoms with Crippen LogP contribution in [-0.4, -0.2) is 24.9 Å². The van der Waals surface area contributed by atoms with Crippen LogP contribution in [0.15, 0.2) is 12.2 Å². The van der Waals surface area contributed by atoms with Crippen LogP contribution in [0, 0.1) is 11.8 Å². The molecule has 2 aliphatic carbocycles. The number of allylic oxidation sites excluding steroid dienone is 1. The molecule has 4 unspecified atom stereocenters. The Kier molecular flexibility index (Phi) is 1.59. The number of epoxide rings is 1. The van der Waals surface area contributed by atoms with E-state index in [9.17, 15) is 0 Å². The van der Waals surface area contributed by atoms with Gasteiger partial charge in [-0.25, -0.2) is 0 Å². The molecule has 2 fully saturated rings. The highest BCUT2D eigenvalue weighted by Gasteiger charge is 2.46. The van der Waals surface area contributed by atoms with Crippen molar-refractivity contribution in [1.29, 1.82) is 0 Å². The van der Waals surface area contributed by atoms with E-state index in [1.54, 1.807) is 0 Å². The van der Waals surface area contributed by atoms with E-state index < -0.39 is 0 Å². The maximum absolute atomic E-state index is 5.97. The molecule has 1 saturated carbocycles. The zero-order chi connectivity index (χ0) is 8.89. The maximum atomic E-state index is 5.97. The Labute approximate surface area is 78.9 Å². The summed E-state index contributed by atoms with van der Waals surface area (Å²) in [6.07, 6.45) is 7.61. The fourth-order valence-electron chi connectivity index (χ4n) is 2.66. The maximum Gasteiger partial charge on any atom is 0.104 e. The van der Waals surface area contributed by atoms with Gasteiger partial charge in [0.15, 0.2) is 0 Å².